The van der Waals surface area contributed by atoms with E-state index in [1.165, 1.54) is 7.11 Å². The standard InChI is InChI=1S/C17H16BrClN2O3/c1-24-17(23)16(11-6-8-12(18)9-7-11)21-15(22)10-20-14-5-3-2-4-13(14)19/h2-9,16,20H,10H2,1H3,(H,21,22). The van der Waals surface area contributed by atoms with Crippen LogP contribution in [-0.4, -0.2) is 25.5 Å². The lowest BCUT2D eigenvalue weighted by atomic mass is 10.1. The van der Waals surface area contributed by atoms with Gasteiger partial charge >= 0.3 is 5.97 Å². The van der Waals surface area contributed by atoms with Crippen LogP contribution < -0.4 is 10.6 Å². The molecule has 0 aliphatic rings. The normalized spacial score (nSPS) is 11.5. The molecule has 7 heteroatoms. The van der Waals surface area contributed by atoms with Crippen molar-refractivity contribution in [3.8, 4) is 0 Å². The molecule has 2 aromatic rings. The van der Waals surface area contributed by atoms with E-state index in [-0.39, 0.29) is 12.5 Å². The molecule has 2 N–H and O–H groups in total. The van der Waals surface area contributed by atoms with Crippen molar-refractivity contribution in [1.29, 1.82) is 0 Å². The fraction of sp³-hybridized carbons (Fsp3) is 0.176. The average molecular weight is 412 g/mol. The molecule has 0 radical (unpaired) electrons. The van der Waals surface area contributed by atoms with Gasteiger partial charge in [-0.3, -0.25) is 4.79 Å². The van der Waals surface area contributed by atoms with Crippen molar-refractivity contribution in [1.82, 2.24) is 5.32 Å². The third kappa shape index (κ3) is 4.97. The Balaban J connectivity index is 2.03. The maximum Gasteiger partial charge on any atom is 0.333 e. The number of ether oxygens (including phenoxy) is 1. The molecular weight excluding hydrogens is 396 g/mol. The molecule has 0 aromatic heterocycles. The number of hydrogen-bond donors (Lipinski definition) is 2. The molecule has 0 spiro atoms. The Kier molecular flexibility index (Phi) is 6.63. The number of amides is 1. The Labute approximate surface area is 153 Å². The van der Waals surface area contributed by atoms with Crippen LogP contribution in [-0.2, 0) is 14.3 Å². The maximum atomic E-state index is 12.2. The van der Waals surface area contributed by atoms with Crippen molar-refractivity contribution in [2.24, 2.45) is 0 Å². The monoisotopic (exact) mass is 410 g/mol. The van der Waals surface area contributed by atoms with Crippen LogP contribution in [0.1, 0.15) is 11.6 Å². The van der Waals surface area contributed by atoms with E-state index in [0.29, 0.717) is 16.3 Å². The quantitative estimate of drug-likeness (QED) is 0.714. The summed E-state index contributed by atoms with van der Waals surface area (Å²) in [6.07, 6.45) is 0. The van der Waals surface area contributed by atoms with Crippen LogP contribution in [0.2, 0.25) is 5.02 Å². The molecule has 2 aromatic carbocycles. The summed E-state index contributed by atoms with van der Waals surface area (Å²) in [7, 11) is 1.28. The molecule has 1 atom stereocenters. The number of benzene rings is 2. The van der Waals surface area contributed by atoms with Crippen molar-refractivity contribution in [2.45, 2.75) is 6.04 Å². The number of rotatable bonds is 6. The number of para-hydroxylation sites is 1. The molecule has 0 heterocycles. The first-order valence-corrected chi connectivity index (χ1v) is 8.29. The first kappa shape index (κ1) is 18.3. The number of hydrogen-bond acceptors (Lipinski definition) is 4. The number of carbonyl (C=O) groups is 2. The highest BCUT2D eigenvalue weighted by atomic mass is 79.9. The van der Waals surface area contributed by atoms with Crippen LogP contribution in [0.15, 0.2) is 53.0 Å². The lowest BCUT2D eigenvalue weighted by Crippen LogP contribution is -2.37. The number of esters is 1. The third-order valence-electron chi connectivity index (χ3n) is 3.26. The van der Waals surface area contributed by atoms with E-state index in [1.807, 2.05) is 6.07 Å². The van der Waals surface area contributed by atoms with Crippen molar-refractivity contribution < 1.29 is 14.3 Å². The molecule has 1 unspecified atom stereocenters. The number of nitrogens with one attached hydrogen (secondary N) is 2. The smallest absolute Gasteiger partial charge is 0.333 e. The van der Waals surface area contributed by atoms with Gasteiger partial charge in [-0.15, -0.1) is 0 Å². The topological polar surface area (TPSA) is 67.4 Å². The first-order valence-electron chi connectivity index (χ1n) is 7.12. The molecule has 0 saturated carbocycles. The molecule has 0 saturated heterocycles. The highest BCUT2D eigenvalue weighted by Crippen LogP contribution is 2.20. The van der Waals surface area contributed by atoms with Crippen molar-refractivity contribution in [2.75, 3.05) is 19.0 Å². The van der Waals surface area contributed by atoms with Gasteiger partial charge in [0.15, 0.2) is 6.04 Å². The van der Waals surface area contributed by atoms with Crippen LogP contribution in [0.4, 0.5) is 5.69 Å². The molecule has 0 aliphatic carbocycles. The summed E-state index contributed by atoms with van der Waals surface area (Å²) in [6.45, 7) is -0.0201. The zero-order valence-electron chi connectivity index (χ0n) is 12.9. The molecular formula is C17H16BrClN2O3. The third-order valence-corrected chi connectivity index (χ3v) is 4.12. The highest BCUT2D eigenvalue weighted by molar-refractivity contribution is 9.10. The Morgan fingerprint density at radius 1 is 1.17 bits per heavy atom. The van der Waals surface area contributed by atoms with Crippen LogP contribution in [0, 0.1) is 0 Å². The van der Waals surface area contributed by atoms with E-state index in [2.05, 4.69) is 26.6 Å². The summed E-state index contributed by atoms with van der Waals surface area (Å²) < 4.78 is 5.65. The SMILES string of the molecule is COC(=O)C(NC(=O)CNc1ccccc1Cl)c1ccc(Br)cc1. The maximum absolute atomic E-state index is 12.2. The first-order chi connectivity index (χ1) is 11.5. The molecule has 2 rings (SSSR count). The predicted molar refractivity (Wildman–Crippen MR) is 97.0 cm³/mol. The lowest BCUT2D eigenvalue weighted by Gasteiger charge is -2.17. The van der Waals surface area contributed by atoms with Gasteiger partial charge in [0.25, 0.3) is 0 Å². The van der Waals surface area contributed by atoms with E-state index >= 15 is 0 Å². The van der Waals surface area contributed by atoms with Crippen LogP contribution in [0.3, 0.4) is 0 Å². The molecule has 1 amide bonds. The zero-order chi connectivity index (χ0) is 17.5. The van der Waals surface area contributed by atoms with Gasteiger partial charge in [-0.25, -0.2) is 4.79 Å². The average Bonchev–Trinajstić information content (AvgIpc) is 2.59. The number of anilines is 1. The van der Waals surface area contributed by atoms with E-state index in [4.69, 9.17) is 16.3 Å². The fourth-order valence-corrected chi connectivity index (χ4v) is 2.51. The second-order valence-electron chi connectivity index (χ2n) is 4.91. The summed E-state index contributed by atoms with van der Waals surface area (Å²) in [5.74, 6) is -0.892. The fourth-order valence-electron chi connectivity index (χ4n) is 2.04. The van der Waals surface area contributed by atoms with Crippen LogP contribution >= 0.6 is 27.5 Å². The van der Waals surface area contributed by atoms with Crippen molar-refractivity contribution >= 4 is 45.1 Å². The second kappa shape index (κ2) is 8.70. The molecule has 0 bridgehead atoms. The molecule has 5 nitrogen and oxygen atoms in total. The summed E-state index contributed by atoms with van der Waals surface area (Å²) in [5.41, 5.74) is 1.28. The summed E-state index contributed by atoms with van der Waals surface area (Å²) in [6, 6.07) is 13.3. The summed E-state index contributed by atoms with van der Waals surface area (Å²) >= 11 is 9.36. The van der Waals surface area contributed by atoms with E-state index in [9.17, 15) is 9.59 Å². The van der Waals surface area contributed by atoms with Gasteiger partial charge in [0.1, 0.15) is 0 Å². The lowest BCUT2D eigenvalue weighted by molar-refractivity contribution is -0.145. The molecule has 0 aliphatic heterocycles. The largest absolute Gasteiger partial charge is 0.467 e. The second-order valence-corrected chi connectivity index (χ2v) is 6.23. The molecule has 126 valence electrons. The summed E-state index contributed by atoms with van der Waals surface area (Å²) in [5, 5.41) is 6.11. The van der Waals surface area contributed by atoms with Crippen molar-refractivity contribution in [3.05, 3.63) is 63.6 Å². The van der Waals surface area contributed by atoms with Gasteiger partial charge in [0.2, 0.25) is 5.91 Å². The zero-order valence-corrected chi connectivity index (χ0v) is 15.2. The molecule has 24 heavy (non-hydrogen) atoms. The van der Waals surface area contributed by atoms with E-state index in [0.717, 1.165) is 4.47 Å². The van der Waals surface area contributed by atoms with Gasteiger partial charge in [-0.2, -0.15) is 0 Å². The highest BCUT2D eigenvalue weighted by Gasteiger charge is 2.23. The van der Waals surface area contributed by atoms with Crippen LogP contribution in [0.5, 0.6) is 0 Å². The van der Waals surface area contributed by atoms with E-state index in [1.54, 1.807) is 42.5 Å². The Morgan fingerprint density at radius 3 is 2.46 bits per heavy atom. The summed E-state index contributed by atoms with van der Waals surface area (Å²) in [4.78, 5) is 24.1. The van der Waals surface area contributed by atoms with E-state index < -0.39 is 12.0 Å². The Morgan fingerprint density at radius 2 is 1.83 bits per heavy atom. The Bertz CT molecular complexity index is 722. The number of methoxy groups -OCH3 is 1. The predicted octanol–water partition coefficient (Wildman–Crippen LogP) is 3.54. The van der Waals surface area contributed by atoms with Crippen molar-refractivity contribution in [3.63, 3.8) is 0 Å². The van der Waals surface area contributed by atoms with Crippen LogP contribution in [0.25, 0.3) is 0 Å². The molecule has 0 fully saturated rings. The van der Waals surface area contributed by atoms with Gasteiger partial charge in [-0.1, -0.05) is 51.8 Å². The van der Waals surface area contributed by atoms with Gasteiger partial charge in [0.05, 0.1) is 24.4 Å². The van der Waals surface area contributed by atoms with Gasteiger partial charge < -0.3 is 15.4 Å². The number of carbonyl (C=O) groups excluding carboxylic acids is 2. The van der Waals surface area contributed by atoms with Gasteiger partial charge in [0, 0.05) is 4.47 Å². The Hall–Kier alpha value is -2.05. The number of halogens is 2. The van der Waals surface area contributed by atoms with Gasteiger partial charge in [-0.05, 0) is 29.8 Å². The minimum atomic E-state index is -0.872. The minimum Gasteiger partial charge on any atom is -0.467 e. The minimum absolute atomic E-state index is 0.0201.